The van der Waals surface area contributed by atoms with Crippen molar-refractivity contribution in [3.63, 3.8) is 0 Å². The van der Waals surface area contributed by atoms with Gasteiger partial charge in [0.2, 0.25) is 0 Å². The predicted octanol–water partition coefficient (Wildman–Crippen LogP) is 2.60. The van der Waals surface area contributed by atoms with Crippen LogP contribution in [-0.4, -0.2) is 54.6 Å². The summed E-state index contributed by atoms with van der Waals surface area (Å²) in [6.45, 7) is 0.972. The molecule has 3 aromatic rings. The summed E-state index contributed by atoms with van der Waals surface area (Å²) in [6, 6.07) is 15.4. The van der Waals surface area contributed by atoms with Crippen LogP contribution in [-0.2, 0) is 16.0 Å². The van der Waals surface area contributed by atoms with Crippen LogP contribution in [0.5, 0.6) is 0 Å². The van der Waals surface area contributed by atoms with Gasteiger partial charge in [0, 0.05) is 30.9 Å². The summed E-state index contributed by atoms with van der Waals surface area (Å²) in [5.41, 5.74) is 5.36. The third-order valence-electron chi connectivity index (χ3n) is 5.26. The largest absolute Gasteiger partial charge is 0.382 e. The van der Waals surface area contributed by atoms with Crippen molar-refractivity contribution in [3.05, 3.63) is 82.9 Å². The first-order valence-corrected chi connectivity index (χ1v) is 10.2. The third kappa shape index (κ3) is 4.19. The Hall–Kier alpha value is -3.73. The summed E-state index contributed by atoms with van der Waals surface area (Å²) in [7, 11) is 3.16. The van der Waals surface area contributed by atoms with E-state index in [1.54, 1.807) is 20.5 Å². The monoisotopic (exact) mass is 428 g/mol. The highest BCUT2D eigenvalue weighted by Gasteiger charge is 2.25. The summed E-state index contributed by atoms with van der Waals surface area (Å²) in [5.74, 6) is 2.40. The molecule has 0 atom stereocenters. The fraction of sp³-hybridized carbons (Fsp3) is 0.240. The molecule has 0 unspecified atom stereocenters. The van der Waals surface area contributed by atoms with Gasteiger partial charge in [-0.2, -0.15) is 0 Å². The van der Waals surface area contributed by atoms with Crippen LogP contribution < -0.4 is 5.32 Å². The zero-order valence-corrected chi connectivity index (χ0v) is 18.0. The van der Waals surface area contributed by atoms with Crippen molar-refractivity contribution in [2.24, 2.45) is 4.99 Å². The molecule has 0 aliphatic carbocycles. The Morgan fingerprint density at radius 1 is 1.19 bits per heavy atom. The van der Waals surface area contributed by atoms with Crippen LogP contribution in [0.25, 0.3) is 5.69 Å². The van der Waals surface area contributed by atoms with Crippen molar-refractivity contribution < 1.29 is 14.3 Å². The van der Waals surface area contributed by atoms with Crippen molar-refractivity contribution in [2.75, 3.05) is 27.4 Å². The minimum absolute atomic E-state index is 0.283. The lowest BCUT2D eigenvalue weighted by atomic mass is 9.98. The molecule has 0 radical (unpaired) electrons. The number of fused-ring (bicyclic) bond motifs is 3. The highest BCUT2D eigenvalue weighted by molar-refractivity contribution is 6.15. The van der Waals surface area contributed by atoms with E-state index < -0.39 is 0 Å². The van der Waals surface area contributed by atoms with Gasteiger partial charge in [0.05, 0.1) is 42.9 Å². The molecule has 0 bridgehead atoms. The van der Waals surface area contributed by atoms with Crippen LogP contribution in [0.3, 0.4) is 0 Å². The van der Waals surface area contributed by atoms with Crippen LogP contribution in [0.4, 0.5) is 0 Å². The van der Waals surface area contributed by atoms with Crippen molar-refractivity contribution >= 4 is 11.6 Å². The Morgan fingerprint density at radius 2 is 1.94 bits per heavy atom. The number of amides is 1. The van der Waals surface area contributed by atoms with E-state index in [1.165, 1.54) is 0 Å². The Morgan fingerprint density at radius 3 is 2.62 bits per heavy atom. The molecule has 162 valence electrons. The number of imidazole rings is 1. The molecule has 1 aliphatic rings. The second-order valence-corrected chi connectivity index (χ2v) is 7.40. The van der Waals surface area contributed by atoms with Crippen molar-refractivity contribution in [2.45, 2.75) is 12.6 Å². The molecule has 1 amide bonds. The number of carbonyl (C=O) groups is 1. The number of aromatic nitrogens is 2. The summed E-state index contributed by atoms with van der Waals surface area (Å²) in [6.07, 6.45) is 7.31. The molecular formula is C25H24N4O3. The minimum atomic E-state index is -0.294. The van der Waals surface area contributed by atoms with E-state index in [0.29, 0.717) is 31.1 Å². The molecule has 4 rings (SSSR count). The number of nitrogens with one attached hydrogen (secondary N) is 1. The van der Waals surface area contributed by atoms with Crippen LogP contribution in [0.15, 0.2) is 59.9 Å². The van der Waals surface area contributed by atoms with Crippen LogP contribution in [0, 0.1) is 12.3 Å². The number of terminal acetylenes is 1. The normalized spacial score (nSPS) is 12.4. The molecular weight excluding hydrogens is 404 g/mol. The molecule has 1 aromatic heterocycles. The Kier molecular flexibility index (Phi) is 6.45. The van der Waals surface area contributed by atoms with E-state index in [9.17, 15) is 4.79 Å². The average molecular weight is 428 g/mol. The third-order valence-corrected chi connectivity index (χ3v) is 5.26. The maximum absolute atomic E-state index is 13.0. The van der Waals surface area contributed by atoms with Gasteiger partial charge in [0.1, 0.15) is 6.33 Å². The second-order valence-electron chi connectivity index (χ2n) is 7.40. The molecule has 7 heteroatoms. The Balaban J connectivity index is 1.78. The molecule has 0 fully saturated rings. The van der Waals surface area contributed by atoms with E-state index in [4.69, 9.17) is 20.9 Å². The molecule has 32 heavy (non-hydrogen) atoms. The van der Waals surface area contributed by atoms with E-state index in [2.05, 4.69) is 16.2 Å². The predicted molar refractivity (Wildman–Crippen MR) is 122 cm³/mol. The first kappa shape index (κ1) is 21.5. The highest BCUT2D eigenvalue weighted by atomic mass is 16.5. The second kappa shape index (κ2) is 9.60. The first-order chi connectivity index (χ1) is 15.7. The molecule has 7 nitrogen and oxygen atoms in total. The number of rotatable bonds is 7. The quantitative estimate of drug-likeness (QED) is 0.587. The fourth-order valence-electron chi connectivity index (χ4n) is 3.82. The SMILES string of the molecule is C#Cc1ccc2c(c1)C(c1ccccc1)=NCc1c(C(=O)NC(COC)COC)ncn1-2. The van der Waals surface area contributed by atoms with E-state index in [0.717, 1.165) is 28.1 Å². The number of methoxy groups -OCH3 is 2. The lowest BCUT2D eigenvalue weighted by Gasteiger charge is -2.16. The number of hydrogen-bond acceptors (Lipinski definition) is 5. The van der Waals surface area contributed by atoms with E-state index in [-0.39, 0.29) is 11.9 Å². The smallest absolute Gasteiger partial charge is 0.272 e. The van der Waals surface area contributed by atoms with Crippen molar-refractivity contribution in [3.8, 4) is 18.0 Å². The number of benzene rings is 2. The summed E-state index contributed by atoms with van der Waals surface area (Å²) < 4.78 is 12.3. The summed E-state index contributed by atoms with van der Waals surface area (Å²) in [4.78, 5) is 22.3. The number of carbonyl (C=O) groups excluding carboxylic acids is 1. The van der Waals surface area contributed by atoms with Gasteiger partial charge in [-0.05, 0) is 18.2 Å². The van der Waals surface area contributed by atoms with Crippen LogP contribution in [0.2, 0.25) is 0 Å². The zero-order valence-electron chi connectivity index (χ0n) is 18.0. The highest BCUT2D eigenvalue weighted by Crippen LogP contribution is 2.27. The van der Waals surface area contributed by atoms with Gasteiger partial charge < -0.3 is 14.8 Å². The standard InChI is InChI=1S/C25H24N4O3/c1-4-17-10-11-21-20(12-17)23(18-8-6-5-7-9-18)26-13-22-24(27-16-29(21)22)25(30)28-19(14-31-2)15-32-3/h1,5-12,16,19H,13-15H2,2-3H3,(H,28,30). The maximum Gasteiger partial charge on any atom is 0.272 e. The Bertz CT molecular complexity index is 1190. The number of hydrogen-bond donors (Lipinski definition) is 1. The summed E-state index contributed by atoms with van der Waals surface area (Å²) >= 11 is 0. The summed E-state index contributed by atoms with van der Waals surface area (Å²) in [5, 5.41) is 2.94. The zero-order chi connectivity index (χ0) is 22.5. The fourth-order valence-corrected chi connectivity index (χ4v) is 3.82. The van der Waals surface area contributed by atoms with Crippen molar-refractivity contribution in [1.29, 1.82) is 0 Å². The average Bonchev–Trinajstić information content (AvgIpc) is 3.17. The number of aliphatic imine (C=N–C) groups is 1. The molecule has 0 saturated carbocycles. The molecule has 0 spiro atoms. The minimum Gasteiger partial charge on any atom is -0.382 e. The first-order valence-electron chi connectivity index (χ1n) is 10.2. The molecule has 2 aromatic carbocycles. The topological polar surface area (TPSA) is 77.7 Å². The van der Waals surface area contributed by atoms with Gasteiger partial charge in [-0.25, -0.2) is 4.98 Å². The lowest BCUT2D eigenvalue weighted by Crippen LogP contribution is -2.41. The molecule has 1 N–H and O–H groups in total. The van der Waals surface area contributed by atoms with Gasteiger partial charge in [-0.15, -0.1) is 6.42 Å². The number of ether oxygens (including phenoxy) is 2. The van der Waals surface area contributed by atoms with Crippen LogP contribution >= 0.6 is 0 Å². The van der Waals surface area contributed by atoms with Gasteiger partial charge >= 0.3 is 0 Å². The molecule has 2 heterocycles. The van der Waals surface area contributed by atoms with E-state index >= 15 is 0 Å². The maximum atomic E-state index is 13.0. The van der Waals surface area contributed by atoms with Gasteiger partial charge in [-0.1, -0.05) is 36.3 Å². The van der Waals surface area contributed by atoms with Gasteiger partial charge in [0.15, 0.2) is 5.69 Å². The molecule has 1 aliphatic heterocycles. The van der Waals surface area contributed by atoms with Crippen LogP contribution in [0.1, 0.15) is 32.9 Å². The van der Waals surface area contributed by atoms with Gasteiger partial charge in [0.25, 0.3) is 5.91 Å². The molecule has 0 saturated heterocycles. The van der Waals surface area contributed by atoms with Gasteiger partial charge in [-0.3, -0.25) is 14.4 Å². The Labute approximate surface area is 187 Å². The van der Waals surface area contributed by atoms with E-state index in [1.807, 2.05) is 53.1 Å². The number of nitrogens with zero attached hydrogens (tertiary/aromatic N) is 3. The lowest BCUT2D eigenvalue weighted by molar-refractivity contribution is 0.0774. The van der Waals surface area contributed by atoms with Crippen molar-refractivity contribution in [1.82, 2.24) is 14.9 Å².